The molecule has 4 N–H and O–H groups in total. The molecule has 0 aliphatic carbocycles. The molecule has 2 atom stereocenters. The molecule has 1 unspecified atom stereocenters. The van der Waals surface area contributed by atoms with Crippen LogP contribution in [0.3, 0.4) is 0 Å². The summed E-state index contributed by atoms with van der Waals surface area (Å²) in [6.45, 7) is 8.27. The van der Waals surface area contributed by atoms with Gasteiger partial charge < -0.3 is 20.2 Å². The maximum atomic E-state index is 13.0. The standard InChI is InChI=1S/C28H42NO6P/c1-21(2)10-8-11-22(3)12-9-13-23(4)16-17-25(18-19-36(33,34)35)27(30)29-26(28(31)32)20-24-14-6-5-7-15-24/h5-7,10,12,14-16,25-26H,8-9,11,13,17-20H2,1-4H3,(H,29,30)(H,31,32)(H2,33,34,35)/b22-12+,23-16+/t25?,26-/m0/s1. The van der Waals surface area contributed by atoms with Gasteiger partial charge in [0, 0.05) is 12.3 Å². The minimum absolute atomic E-state index is 0.0268. The van der Waals surface area contributed by atoms with Crippen LogP contribution in [0, 0.1) is 5.92 Å². The van der Waals surface area contributed by atoms with Crippen molar-refractivity contribution >= 4 is 19.5 Å². The molecule has 8 heteroatoms. The van der Waals surface area contributed by atoms with Crippen LogP contribution >= 0.6 is 7.60 Å². The number of hydrogen-bond donors (Lipinski definition) is 4. The van der Waals surface area contributed by atoms with Crippen molar-refractivity contribution < 1.29 is 29.0 Å². The average Bonchev–Trinajstić information content (AvgIpc) is 2.78. The molecule has 0 aromatic heterocycles. The van der Waals surface area contributed by atoms with Crippen molar-refractivity contribution in [2.75, 3.05) is 6.16 Å². The largest absolute Gasteiger partial charge is 0.480 e. The van der Waals surface area contributed by atoms with E-state index >= 15 is 0 Å². The highest BCUT2D eigenvalue weighted by Crippen LogP contribution is 2.36. The highest BCUT2D eigenvalue weighted by Gasteiger charge is 2.27. The highest BCUT2D eigenvalue weighted by atomic mass is 31.2. The van der Waals surface area contributed by atoms with Crippen molar-refractivity contribution in [2.24, 2.45) is 5.92 Å². The number of benzene rings is 1. The maximum absolute atomic E-state index is 13.0. The average molecular weight is 520 g/mol. The van der Waals surface area contributed by atoms with Crippen LogP contribution in [0.2, 0.25) is 0 Å². The van der Waals surface area contributed by atoms with Gasteiger partial charge in [-0.15, -0.1) is 0 Å². The van der Waals surface area contributed by atoms with Gasteiger partial charge in [0.05, 0.1) is 6.16 Å². The second-order valence-electron chi connectivity index (χ2n) is 9.66. The molecular weight excluding hydrogens is 477 g/mol. The topological polar surface area (TPSA) is 124 Å². The summed E-state index contributed by atoms with van der Waals surface area (Å²) >= 11 is 0. The van der Waals surface area contributed by atoms with Gasteiger partial charge in [0.1, 0.15) is 6.04 Å². The molecule has 0 spiro atoms. The lowest BCUT2D eigenvalue weighted by Gasteiger charge is -2.20. The van der Waals surface area contributed by atoms with E-state index in [0.717, 1.165) is 36.8 Å². The zero-order valence-electron chi connectivity index (χ0n) is 21.9. The molecule has 7 nitrogen and oxygen atoms in total. The van der Waals surface area contributed by atoms with Crippen molar-refractivity contribution in [2.45, 2.75) is 78.7 Å². The quantitative estimate of drug-likeness (QED) is 0.162. The van der Waals surface area contributed by atoms with Crippen molar-refractivity contribution in [1.29, 1.82) is 0 Å². The van der Waals surface area contributed by atoms with Gasteiger partial charge in [0.25, 0.3) is 0 Å². The number of aliphatic carboxylic acids is 1. The summed E-state index contributed by atoms with van der Waals surface area (Å²) in [5.41, 5.74) is 4.50. The number of carbonyl (C=O) groups is 2. The second kappa shape index (κ2) is 16.3. The second-order valence-corrected chi connectivity index (χ2v) is 11.4. The van der Waals surface area contributed by atoms with Crippen molar-refractivity contribution in [3.63, 3.8) is 0 Å². The molecule has 1 rings (SSSR count). The molecule has 0 heterocycles. The Morgan fingerprint density at radius 3 is 2.08 bits per heavy atom. The summed E-state index contributed by atoms with van der Waals surface area (Å²) in [6.07, 6.45) is 10.1. The minimum Gasteiger partial charge on any atom is -0.480 e. The van der Waals surface area contributed by atoms with Gasteiger partial charge in [-0.25, -0.2) is 4.79 Å². The zero-order valence-corrected chi connectivity index (χ0v) is 22.8. The zero-order chi connectivity index (χ0) is 27.1. The molecule has 1 aromatic rings. The summed E-state index contributed by atoms with van der Waals surface area (Å²) in [4.78, 5) is 43.3. The Hall–Kier alpha value is -2.47. The van der Waals surface area contributed by atoms with Crippen LogP contribution in [-0.2, 0) is 20.6 Å². The predicted octanol–water partition coefficient (Wildman–Crippen LogP) is 5.79. The van der Waals surface area contributed by atoms with E-state index in [1.54, 1.807) is 24.3 Å². The van der Waals surface area contributed by atoms with Gasteiger partial charge in [-0.2, -0.15) is 0 Å². The molecule has 36 heavy (non-hydrogen) atoms. The van der Waals surface area contributed by atoms with E-state index in [-0.39, 0.29) is 12.8 Å². The Balaban J connectivity index is 2.79. The van der Waals surface area contributed by atoms with Crippen molar-refractivity contribution in [3.05, 3.63) is 70.8 Å². The number of nitrogens with one attached hydrogen (secondary N) is 1. The lowest BCUT2D eigenvalue weighted by atomic mass is 9.97. The van der Waals surface area contributed by atoms with E-state index in [1.807, 2.05) is 19.1 Å². The molecule has 0 radical (unpaired) electrons. The first-order chi connectivity index (χ1) is 16.9. The van der Waals surface area contributed by atoms with Crippen LogP contribution in [0.5, 0.6) is 0 Å². The molecule has 0 saturated carbocycles. The molecule has 200 valence electrons. The van der Waals surface area contributed by atoms with E-state index in [4.69, 9.17) is 0 Å². The maximum Gasteiger partial charge on any atom is 0.326 e. The van der Waals surface area contributed by atoms with Crippen LogP contribution in [0.15, 0.2) is 65.3 Å². The molecular formula is C28H42NO6P. The third kappa shape index (κ3) is 14.8. The molecule has 0 fully saturated rings. The van der Waals surface area contributed by atoms with Crippen LogP contribution in [0.25, 0.3) is 0 Å². The van der Waals surface area contributed by atoms with E-state index < -0.39 is 37.6 Å². The SMILES string of the molecule is CC(C)=CCC/C(C)=C/CC/C(C)=C/CC(CCP(=O)(O)O)C(=O)N[C@@H](Cc1ccccc1)C(=O)O. The number of hydrogen-bond acceptors (Lipinski definition) is 3. The van der Waals surface area contributed by atoms with Gasteiger partial charge in [-0.1, -0.05) is 65.3 Å². The Morgan fingerprint density at radius 1 is 0.944 bits per heavy atom. The molecule has 0 aliphatic rings. The Kier molecular flexibility index (Phi) is 14.3. The van der Waals surface area contributed by atoms with Gasteiger partial charge in [-0.3, -0.25) is 9.36 Å². The van der Waals surface area contributed by atoms with Gasteiger partial charge >= 0.3 is 13.6 Å². The lowest BCUT2D eigenvalue weighted by Crippen LogP contribution is -2.45. The van der Waals surface area contributed by atoms with Crippen molar-refractivity contribution in [1.82, 2.24) is 5.32 Å². The number of carboxylic acids is 1. The fraction of sp³-hybridized carbons (Fsp3) is 0.500. The molecule has 1 aromatic carbocycles. The normalized spacial score (nSPS) is 14.2. The predicted molar refractivity (Wildman–Crippen MR) is 145 cm³/mol. The Labute approximate surface area is 215 Å². The molecule has 0 aliphatic heterocycles. The summed E-state index contributed by atoms with van der Waals surface area (Å²) in [5, 5.41) is 12.2. The monoisotopic (exact) mass is 519 g/mol. The van der Waals surface area contributed by atoms with E-state index in [1.165, 1.54) is 11.1 Å². The third-order valence-corrected chi connectivity index (χ3v) is 6.75. The molecule has 0 bridgehead atoms. The number of rotatable bonds is 16. The van der Waals surface area contributed by atoms with Crippen molar-refractivity contribution in [3.8, 4) is 0 Å². The van der Waals surface area contributed by atoms with Crippen LogP contribution in [0.1, 0.15) is 71.8 Å². The summed E-state index contributed by atoms with van der Waals surface area (Å²) in [6, 6.07) is 7.88. The van der Waals surface area contributed by atoms with E-state index in [2.05, 4.69) is 38.2 Å². The first kappa shape index (κ1) is 31.6. The van der Waals surface area contributed by atoms with Crippen LogP contribution in [-0.4, -0.2) is 39.0 Å². The van der Waals surface area contributed by atoms with Gasteiger partial charge in [-0.05, 0) is 71.8 Å². The minimum atomic E-state index is -4.29. The number of carbonyl (C=O) groups excluding carboxylic acids is 1. The van der Waals surface area contributed by atoms with Gasteiger partial charge in [0.2, 0.25) is 5.91 Å². The number of allylic oxidation sites excluding steroid dienone is 6. The fourth-order valence-electron chi connectivity index (χ4n) is 3.70. The Morgan fingerprint density at radius 2 is 1.53 bits per heavy atom. The Bertz CT molecular complexity index is 973. The molecule has 0 saturated heterocycles. The van der Waals surface area contributed by atoms with E-state index in [0.29, 0.717) is 6.42 Å². The van der Waals surface area contributed by atoms with E-state index in [9.17, 15) is 29.0 Å². The first-order valence-electron chi connectivity index (χ1n) is 12.4. The van der Waals surface area contributed by atoms with Gasteiger partial charge in [0.15, 0.2) is 0 Å². The van der Waals surface area contributed by atoms with Crippen LogP contribution in [0.4, 0.5) is 0 Å². The number of carboxylic acid groups (broad SMARTS) is 1. The highest BCUT2D eigenvalue weighted by molar-refractivity contribution is 7.51. The number of amides is 1. The third-order valence-electron chi connectivity index (χ3n) is 5.91. The summed E-state index contributed by atoms with van der Waals surface area (Å²) in [5.74, 6) is -2.39. The first-order valence-corrected chi connectivity index (χ1v) is 14.2. The lowest BCUT2D eigenvalue weighted by molar-refractivity contribution is -0.142. The smallest absolute Gasteiger partial charge is 0.326 e. The fourth-order valence-corrected chi connectivity index (χ4v) is 4.35. The summed E-state index contributed by atoms with van der Waals surface area (Å²) < 4.78 is 11.4. The molecule has 1 amide bonds. The summed E-state index contributed by atoms with van der Waals surface area (Å²) in [7, 11) is -4.29. The van der Waals surface area contributed by atoms with Crippen LogP contribution < -0.4 is 5.32 Å².